The minimum Gasteiger partial charge on any atom is -0.497 e. The standard InChI is InChI=1S/C29H32F3N5O5S/c1-28(2,3)42-27(38)36-12-14-37(15-13-36)43(39,40)23-10-11-25(24(17-23)29(30,31)32)35-26-33-18-21(19-34-26)9-8-20-6-5-7-22(16-20)41-4/h5-11,16-19H,12-15H2,1-4H3,(H,33,34,35). The van der Waals surface area contributed by atoms with Crippen LogP contribution in [0.25, 0.3) is 12.2 Å². The minimum absolute atomic E-state index is 0.0436. The Balaban J connectivity index is 1.48. The fourth-order valence-corrected chi connectivity index (χ4v) is 5.61. The number of aromatic nitrogens is 2. The lowest BCUT2D eigenvalue weighted by molar-refractivity contribution is -0.137. The van der Waals surface area contributed by atoms with Crippen molar-refractivity contribution in [3.63, 3.8) is 0 Å². The van der Waals surface area contributed by atoms with Crippen LogP contribution in [0.2, 0.25) is 0 Å². The van der Waals surface area contributed by atoms with Crippen LogP contribution in [0, 0.1) is 0 Å². The van der Waals surface area contributed by atoms with E-state index in [0.717, 1.165) is 22.0 Å². The molecule has 4 rings (SSSR count). The lowest BCUT2D eigenvalue weighted by Crippen LogP contribution is -2.51. The van der Waals surface area contributed by atoms with E-state index in [4.69, 9.17) is 9.47 Å². The highest BCUT2D eigenvalue weighted by Gasteiger charge is 2.37. The average Bonchev–Trinajstić information content (AvgIpc) is 2.95. The summed E-state index contributed by atoms with van der Waals surface area (Å²) >= 11 is 0. The highest BCUT2D eigenvalue weighted by Crippen LogP contribution is 2.37. The van der Waals surface area contributed by atoms with Gasteiger partial charge in [0.2, 0.25) is 16.0 Å². The smallest absolute Gasteiger partial charge is 0.418 e. The normalized spacial score (nSPS) is 15.0. The molecule has 1 aliphatic heterocycles. The van der Waals surface area contributed by atoms with Gasteiger partial charge >= 0.3 is 12.3 Å². The molecule has 0 atom stereocenters. The summed E-state index contributed by atoms with van der Waals surface area (Å²) in [5.41, 5.74) is -0.826. The quantitative estimate of drug-likeness (QED) is 0.361. The third kappa shape index (κ3) is 8.23. The summed E-state index contributed by atoms with van der Waals surface area (Å²) in [7, 11) is -2.71. The van der Waals surface area contributed by atoms with Crippen LogP contribution in [0.1, 0.15) is 37.5 Å². The van der Waals surface area contributed by atoms with E-state index >= 15 is 0 Å². The van der Waals surface area contributed by atoms with Crippen molar-refractivity contribution in [1.29, 1.82) is 0 Å². The second kappa shape index (κ2) is 12.6. The number of methoxy groups -OCH3 is 1. The summed E-state index contributed by atoms with van der Waals surface area (Å²) in [6.45, 7) is 5.05. The van der Waals surface area contributed by atoms with Crippen molar-refractivity contribution in [3.05, 3.63) is 71.5 Å². The number of halogens is 3. The Morgan fingerprint density at radius 1 is 0.953 bits per heavy atom. The number of amides is 1. The van der Waals surface area contributed by atoms with Crippen LogP contribution in [0.4, 0.5) is 29.6 Å². The Morgan fingerprint density at radius 2 is 1.60 bits per heavy atom. The molecule has 0 spiro atoms. The summed E-state index contributed by atoms with van der Waals surface area (Å²) in [5, 5.41) is 2.54. The fraction of sp³-hybridized carbons (Fsp3) is 0.345. The molecule has 1 fully saturated rings. The number of benzene rings is 2. The number of anilines is 2. The van der Waals surface area contributed by atoms with Crippen LogP contribution in [-0.4, -0.2) is 72.6 Å². The molecule has 2 heterocycles. The number of carbonyl (C=O) groups excluding carboxylic acids is 1. The first-order valence-electron chi connectivity index (χ1n) is 13.3. The van der Waals surface area contributed by atoms with E-state index < -0.39 is 44.0 Å². The van der Waals surface area contributed by atoms with Crippen molar-refractivity contribution in [1.82, 2.24) is 19.2 Å². The lowest BCUT2D eigenvalue weighted by atomic mass is 10.1. The van der Waals surface area contributed by atoms with Crippen LogP contribution in [0.3, 0.4) is 0 Å². The monoisotopic (exact) mass is 619 g/mol. The molecule has 3 aromatic rings. The number of rotatable bonds is 7. The topological polar surface area (TPSA) is 114 Å². The van der Waals surface area contributed by atoms with Crippen molar-refractivity contribution < 1.29 is 35.9 Å². The molecule has 1 aromatic heterocycles. The zero-order valence-electron chi connectivity index (χ0n) is 24.1. The first-order chi connectivity index (χ1) is 20.2. The van der Waals surface area contributed by atoms with Gasteiger partial charge in [-0.1, -0.05) is 24.3 Å². The molecule has 0 unspecified atom stereocenters. The Bertz CT molecular complexity index is 1580. The van der Waals surface area contributed by atoms with Gasteiger partial charge in [-0.2, -0.15) is 17.5 Å². The summed E-state index contributed by atoms with van der Waals surface area (Å²) in [6, 6.07) is 10.1. The zero-order valence-corrected chi connectivity index (χ0v) is 24.9. The maximum Gasteiger partial charge on any atom is 0.418 e. The summed E-state index contributed by atoms with van der Waals surface area (Å²) < 4.78 is 80.2. The molecule has 0 saturated carbocycles. The third-order valence-corrected chi connectivity index (χ3v) is 8.20. The Kier molecular flexibility index (Phi) is 9.30. The first kappa shape index (κ1) is 31.8. The summed E-state index contributed by atoms with van der Waals surface area (Å²) in [4.78, 5) is 21.3. The van der Waals surface area contributed by atoms with E-state index in [2.05, 4.69) is 15.3 Å². The molecule has 14 heteroatoms. The number of piperazine rings is 1. The molecule has 0 bridgehead atoms. The highest BCUT2D eigenvalue weighted by molar-refractivity contribution is 7.89. The van der Waals surface area contributed by atoms with Gasteiger partial charge in [-0.3, -0.25) is 0 Å². The van der Waals surface area contributed by atoms with Crippen LogP contribution in [0.15, 0.2) is 59.8 Å². The van der Waals surface area contributed by atoms with Crippen LogP contribution < -0.4 is 10.1 Å². The molecule has 2 aromatic carbocycles. The highest BCUT2D eigenvalue weighted by atomic mass is 32.2. The van der Waals surface area contributed by atoms with Gasteiger partial charge in [0.1, 0.15) is 11.4 Å². The van der Waals surface area contributed by atoms with Gasteiger partial charge in [0, 0.05) is 44.1 Å². The molecule has 1 saturated heterocycles. The van der Waals surface area contributed by atoms with Crippen molar-refractivity contribution >= 4 is 39.9 Å². The number of sulfonamides is 1. The van der Waals surface area contributed by atoms with E-state index in [1.807, 2.05) is 30.3 Å². The maximum absolute atomic E-state index is 14.1. The number of ether oxygens (including phenoxy) is 2. The van der Waals surface area contributed by atoms with Crippen LogP contribution in [-0.2, 0) is 20.9 Å². The van der Waals surface area contributed by atoms with Gasteiger partial charge in [-0.05, 0) is 56.7 Å². The van der Waals surface area contributed by atoms with Gasteiger partial charge in [-0.25, -0.2) is 23.2 Å². The Morgan fingerprint density at radius 3 is 2.21 bits per heavy atom. The van der Waals surface area contributed by atoms with Gasteiger partial charge in [0.15, 0.2) is 0 Å². The third-order valence-electron chi connectivity index (χ3n) is 6.30. The lowest BCUT2D eigenvalue weighted by Gasteiger charge is -2.35. The number of nitrogens with one attached hydrogen (secondary N) is 1. The van der Waals surface area contributed by atoms with Gasteiger partial charge < -0.3 is 19.7 Å². The Hall–Kier alpha value is -4.17. The minimum atomic E-state index is -4.87. The van der Waals surface area contributed by atoms with Crippen molar-refractivity contribution in [3.8, 4) is 5.75 Å². The molecule has 0 radical (unpaired) electrons. The molecule has 1 N–H and O–H groups in total. The van der Waals surface area contributed by atoms with E-state index in [1.54, 1.807) is 34.0 Å². The van der Waals surface area contributed by atoms with E-state index in [1.165, 1.54) is 17.3 Å². The molecular weight excluding hydrogens is 587 g/mol. The second-order valence-corrected chi connectivity index (χ2v) is 12.6. The Labute approximate surface area is 248 Å². The molecule has 10 nitrogen and oxygen atoms in total. The van der Waals surface area contributed by atoms with Gasteiger partial charge in [-0.15, -0.1) is 0 Å². The molecular formula is C29H32F3N5O5S. The molecule has 43 heavy (non-hydrogen) atoms. The summed E-state index contributed by atoms with van der Waals surface area (Å²) in [5.74, 6) is 0.593. The van der Waals surface area contributed by atoms with Crippen molar-refractivity contribution in [2.45, 2.75) is 37.4 Å². The second-order valence-electron chi connectivity index (χ2n) is 10.7. The van der Waals surface area contributed by atoms with Crippen LogP contribution in [0.5, 0.6) is 5.75 Å². The van der Waals surface area contributed by atoms with E-state index in [9.17, 15) is 26.4 Å². The van der Waals surface area contributed by atoms with E-state index in [-0.39, 0.29) is 32.1 Å². The largest absolute Gasteiger partial charge is 0.497 e. The molecule has 230 valence electrons. The predicted molar refractivity (Wildman–Crippen MR) is 155 cm³/mol. The predicted octanol–water partition coefficient (Wildman–Crippen LogP) is 5.66. The SMILES string of the molecule is COc1cccc(C=Cc2cnc(Nc3ccc(S(=O)(=O)N4CCN(C(=O)OC(C)(C)C)CC4)cc3C(F)(F)F)nc2)c1. The summed E-state index contributed by atoms with van der Waals surface area (Å²) in [6.07, 6.45) is 0.981. The molecule has 1 amide bonds. The first-order valence-corrected chi connectivity index (χ1v) is 14.7. The number of hydrogen-bond donors (Lipinski definition) is 1. The fourth-order valence-electron chi connectivity index (χ4n) is 4.16. The molecule has 0 aliphatic carbocycles. The zero-order chi connectivity index (χ0) is 31.4. The number of carbonyl (C=O) groups is 1. The number of alkyl halides is 3. The maximum atomic E-state index is 14.1. The van der Waals surface area contributed by atoms with E-state index in [0.29, 0.717) is 17.4 Å². The van der Waals surface area contributed by atoms with Crippen molar-refractivity contribution in [2.24, 2.45) is 0 Å². The number of hydrogen-bond acceptors (Lipinski definition) is 8. The number of nitrogens with zero attached hydrogens (tertiary/aromatic N) is 4. The molecule has 1 aliphatic rings. The van der Waals surface area contributed by atoms with Crippen LogP contribution >= 0.6 is 0 Å². The van der Waals surface area contributed by atoms with Gasteiger partial charge in [0.05, 0.1) is 23.3 Å². The van der Waals surface area contributed by atoms with Gasteiger partial charge in [0.25, 0.3) is 0 Å². The average molecular weight is 620 g/mol. The van der Waals surface area contributed by atoms with Crippen molar-refractivity contribution in [2.75, 3.05) is 38.6 Å².